The van der Waals surface area contributed by atoms with E-state index >= 15 is 2.63 Å². The van der Waals surface area contributed by atoms with Gasteiger partial charge in [0.25, 0.3) is 0 Å². The molecular weight excluding hydrogens is 576 g/mol. The van der Waals surface area contributed by atoms with E-state index in [2.05, 4.69) is 0 Å². The summed E-state index contributed by atoms with van der Waals surface area (Å²) in [7, 11) is 0. The van der Waals surface area contributed by atoms with Crippen LogP contribution in [0.4, 0.5) is 2.63 Å². The maximum absolute atomic E-state index is 18.6. The van der Waals surface area contributed by atoms with E-state index in [0.717, 1.165) is 32.1 Å². The molecule has 4 aromatic rings. The Balaban J connectivity index is 2.09. The summed E-state index contributed by atoms with van der Waals surface area (Å²) in [6.07, 6.45) is 1.98. The predicted octanol–water partition coefficient (Wildman–Crippen LogP) is 5.75. The molecule has 0 aliphatic rings. The van der Waals surface area contributed by atoms with Gasteiger partial charge in [0, 0.05) is 0 Å². The summed E-state index contributed by atoms with van der Waals surface area (Å²) in [6.45, 7) is 6.14. The van der Waals surface area contributed by atoms with Crippen molar-refractivity contribution in [3.63, 3.8) is 0 Å². The molecule has 0 nitrogen and oxygen atoms in total. The molecule has 0 unspecified atom stereocenters. The Morgan fingerprint density at radius 1 is 0.516 bits per heavy atom. The zero-order valence-electron chi connectivity index (χ0n) is 18.3. The number of hydrogen-bond acceptors (Lipinski definition) is 0. The van der Waals surface area contributed by atoms with Crippen LogP contribution in [0.3, 0.4) is 0 Å². The maximum atomic E-state index is 18.6. The van der Waals surface area contributed by atoms with Gasteiger partial charge in [0.1, 0.15) is 0 Å². The molecule has 0 saturated heterocycles. The summed E-state index contributed by atoms with van der Waals surface area (Å²) < 4.78 is 22.9. The van der Waals surface area contributed by atoms with E-state index in [4.69, 9.17) is 0 Å². The molecule has 156 valence electrons. The third-order valence-electron chi connectivity index (χ3n) is 5.96. The van der Waals surface area contributed by atoms with Gasteiger partial charge >= 0.3 is 188 Å². The molecular formula is C29H28BiF. The monoisotopic (exact) mass is 604 g/mol. The number of halogens is 1. The molecule has 0 aromatic heterocycles. The predicted molar refractivity (Wildman–Crippen MR) is 135 cm³/mol. The molecule has 0 N–H and O–H groups in total. The van der Waals surface area contributed by atoms with Crippen molar-refractivity contribution >= 4 is 35.3 Å². The minimum absolute atomic E-state index is 0.802. The second-order valence-corrected chi connectivity index (χ2v) is 23.8. The third-order valence-corrected chi connectivity index (χ3v) is 24.0. The Hall–Kier alpha value is -2.57. The normalized spacial score (nSPS) is 13.1. The van der Waals surface area contributed by atoms with Crippen LogP contribution in [0.5, 0.6) is 0 Å². The van der Waals surface area contributed by atoms with Crippen LogP contribution in [0.2, 0.25) is 0 Å². The third kappa shape index (κ3) is 4.02. The van der Waals surface area contributed by atoms with Crippen LogP contribution in [0.1, 0.15) is 22.3 Å². The summed E-state index contributed by atoms with van der Waals surface area (Å²) in [6, 6.07) is 34.2. The summed E-state index contributed by atoms with van der Waals surface area (Å²) in [4.78, 5) is 0. The molecule has 0 aliphatic carbocycles. The van der Waals surface area contributed by atoms with E-state index in [1.807, 2.05) is 134 Å². The molecule has 0 atom stereocenters. The molecule has 0 amide bonds. The van der Waals surface area contributed by atoms with Gasteiger partial charge in [0.15, 0.2) is 0 Å². The molecule has 31 heavy (non-hydrogen) atoms. The van der Waals surface area contributed by atoms with E-state index in [-0.39, 0.29) is 0 Å². The molecule has 0 radical (unpaired) electrons. The van der Waals surface area contributed by atoms with Crippen molar-refractivity contribution in [1.29, 1.82) is 0 Å². The van der Waals surface area contributed by atoms with Crippen molar-refractivity contribution in [3.8, 4) is 0 Å². The van der Waals surface area contributed by atoms with E-state index in [9.17, 15) is 0 Å². The van der Waals surface area contributed by atoms with Crippen molar-refractivity contribution in [2.45, 2.75) is 20.8 Å². The van der Waals surface area contributed by atoms with Crippen molar-refractivity contribution in [1.82, 2.24) is 0 Å². The fourth-order valence-electron chi connectivity index (χ4n) is 4.00. The molecule has 0 heterocycles. The Morgan fingerprint density at radius 2 is 0.871 bits per heavy atom. The second-order valence-electron chi connectivity index (χ2n) is 8.31. The standard InChI is InChI=1S/C8H7.3C7H7.Bi.FH/c1-2-8-6-4-3-5-7-8;3*1-7-5-3-2-4-6-7;;/h1-7H;3*3-6H,1H3;;1H/q;;;;+1;/p-1. The van der Waals surface area contributed by atoms with E-state index in [0.29, 0.717) is 0 Å². The first-order valence-electron chi connectivity index (χ1n) is 10.6. The van der Waals surface area contributed by atoms with Gasteiger partial charge in [-0.2, -0.15) is 0 Å². The molecule has 4 rings (SSSR count). The van der Waals surface area contributed by atoms with Gasteiger partial charge < -0.3 is 0 Å². The van der Waals surface area contributed by atoms with Gasteiger partial charge in [-0.05, 0) is 0 Å². The van der Waals surface area contributed by atoms with E-state index < -0.39 is 19.4 Å². The number of hydrogen-bond donors (Lipinski definition) is 0. The molecule has 0 fully saturated rings. The van der Waals surface area contributed by atoms with E-state index in [1.54, 1.807) is 0 Å². The molecule has 4 aromatic carbocycles. The van der Waals surface area contributed by atoms with Crippen LogP contribution in [0.15, 0.2) is 107 Å². The fourth-order valence-corrected chi connectivity index (χ4v) is 19.8. The molecule has 0 bridgehead atoms. The second kappa shape index (κ2) is 8.52. The number of aryl methyl sites for hydroxylation is 3. The summed E-state index contributed by atoms with van der Waals surface area (Å²) in [5, 5.41) is 0. The van der Waals surface area contributed by atoms with Gasteiger partial charge in [-0.3, -0.25) is 0 Å². The van der Waals surface area contributed by atoms with Crippen LogP contribution >= 0.6 is 0 Å². The first-order valence-corrected chi connectivity index (χ1v) is 19.1. The average molecular weight is 605 g/mol. The van der Waals surface area contributed by atoms with Gasteiger partial charge in [-0.25, -0.2) is 0 Å². The van der Waals surface area contributed by atoms with Crippen LogP contribution in [0, 0.1) is 20.8 Å². The molecule has 0 aliphatic heterocycles. The first kappa shape index (κ1) is 21.7. The molecule has 0 spiro atoms. The zero-order chi connectivity index (χ0) is 21.9. The van der Waals surface area contributed by atoms with Gasteiger partial charge in [0.05, 0.1) is 0 Å². The number of benzene rings is 4. The van der Waals surface area contributed by atoms with Crippen molar-refractivity contribution < 1.29 is 2.63 Å². The van der Waals surface area contributed by atoms with Gasteiger partial charge in [-0.1, -0.05) is 0 Å². The topological polar surface area (TPSA) is 0 Å². The minimum atomic E-state index is -5.65. The van der Waals surface area contributed by atoms with Crippen LogP contribution < -0.4 is 9.81 Å². The number of rotatable bonds is 5. The van der Waals surface area contributed by atoms with Crippen molar-refractivity contribution in [3.05, 3.63) is 129 Å². The van der Waals surface area contributed by atoms with Crippen LogP contribution in [0.25, 0.3) is 6.08 Å². The summed E-state index contributed by atoms with van der Waals surface area (Å²) in [5.41, 5.74) is 4.40. The zero-order valence-corrected chi connectivity index (χ0v) is 21.8. The van der Waals surface area contributed by atoms with Crippen molar-refractivity contribution in [2.75, 3.05) is 0 Å². The average Bonchev–Trinajstić information content (AvgIpc) is 2.80. The molecule has 2 heteroatoms. The van der Waals surface area contributed by atoms with Crippen LogP contribution in [-0.4, -0.2) is 19.4 Å². The SMILES string of the molecule is Cc1cc[c]([Bi]([F])(/[CH]=C/c2ccccc2)([c]2ccc(C)cc2)[c]2ccc(C)cc2)cc1. The Kier molecular flexibility index (Phi) is 5.95. The quantitative estimate of drug-likeness (QED) is 0.255. The van der Waals surface area contributed by atoms with Gasteiger partial charge in [0.2, 0.25) is 0 Å². The Morgan fingerprint density at radius 3 is 1.23 bits per heavy atom. The van der Waals surface area contributed by atoms with E-state index in [1.165, 1.54) is 0 Å². The summed E-state index contributed by atoms with van der Waals surface area (Å²) in [5.74, 6) is 0. The Bertz CT molecular complexity index is 1070. The van der Waals surface area contributed by atoms with Crippen molar-refractivity contribution in [2.24, 2.45) is 0 Å². The summed E-state index contributed by atoms with van der Waals surface area (Å²) >= 11 is -5.65. The molecule has 0 saturated carbocycles. The van der Waals surface area contributed by atoms with Gasteiger partial charge in [-0.15, -0.1) is 0 Å². The first-order chi connectivity index (χ1) is 14.9. The Labute approximate surface area is 187 Å². The van der Waals surface area contributed by atoms with Crippen LogP contribution in [-0.2, 0) is 0 Å². The fraction of sp³-hybridized carbons (Fsp3) is 0.103.